The number of oxime groups is 1. The second-order valence-corrected chi connectivity index (χ2v) is 9.01. The number of amides is 2. The van der Waals surface area contributed by atoms with Gasteiger partial charge in [0.2, 0.25) is 5.82 Å². The summed E-state index contributed by atoms with van der Waals surface area (Å²) >= 11 is 2.29. The first-order valence-electron chi connectivity index (χ1n) is 9.74. The number of aliphatic carboxylic acids is 1. The molecule has 184 valence electrons. The van der Waals surface area contributed by atoms with E-state index in [9.17, 15) is 24.3 Å². The quantitative estimate of drug-likeness (QED) is 0.127. The van der Waals surface area contributed by atoms with E-state index in [1.165, 1.54) is 24.1 Å². The van der Waals surface area contributed by atoms with Crippen LogP contribution in [-0.4, -0.2) is 88.9 Å². The molecule has 0 aliphatic carbocycles. The van der Waals surface area contributed by atoms with Gasteiger partial charge in [-0.2, -0.15) is 5.21 Å². The number of thioether (sulfide) groups is 1. The van der Waals surface area contributed by atoms with Crippen molar-refractivity contribution in [1.29, 1.82) is 0 Å². The highest BCUT2D eigenvalue weighted by atomic mass is 32.2. The van der Waals surface area contributed by atoms with Gasteiger partial charge >= 0.3 is 11.9 Å². The number of carbonyl (C=O) groups excluding carboxylic acids is 3. The molecular weight excluding hydrogens is 506 g/mol. The minimum absolute atomic E-state index is 0.118. The zero-order chi connectivity index (χ0) is 25.1. The Balaban J connectivity index is 1.49. The fourth-order valence-corrected chi connectivity index (χ4v) is 5.07. The first kappa shape index (κ1) is 24.1. The van der Waals surface area contributed by atoms with E-state index < -0.39 is 35.2 Å². The van der Waals surface area contributed by atoms with E-state index in [0.717, 1.165) is 16.2 Å². The third kappa shape index (κ3) is 5.06. The van der Waals surface area contributed by atoms with Gasteiger partial charge in [0, 0.05) is 23.6 Å². The molecule has 5 N–H and O–H groups in total. The van der Waals surface area contributed by atoms with Crippen LogP contribution in [0.2, 0.25) is 0 Å². The Bertz CT molecular complexity index is 1230. The first-order valence-corrected chi connectivity index (χ1v) is 11.7. The summed E-state index contributed by atoms with van der Waals surface area (Å²) in [5, 5.41) is 30.0. The number of aromatic nitrogens is 5. The summed E-state index contributed by atoms with van der Waals surface area (Å²) in [5.74, 6) is -2.97. The maximum absolute atomic E-state index is 13.0. The van der Waals surface area contributed by atoms with E-state index in [-0.39, 0.29) is 52.6 Å². The summed E-state index contributed by atoms with van der Waals surface area (Å²) in [6.07, 6.45) is 0. The lowest BCUT2D eigenvalue weighted by Gasteiger charge is -2.49. The van der Waals surface area contributed by atoms with Gasteiger partial charge in [-0.1, -0.05) is 10.4 Å². The molecule has 2 aliphatic rings. The maximum atomic E-state index is 13.0. The minimum atomic E-state index is -1.34. The molecule has 2 aliphatic heterocycles. The fraction of sp³-hybridized carbons (Fsp3) is 0.353. The van der Waals surface area contributed by atoms with Crippen LogP contribution < -0.4 is 11.1 Å². The largest absolute Gasteiger partial charge is 0.477 e. The standard InChI is InChI=1S/C17H17N9O7S2/c1-6(27)32-2-7-4-34-15-11(14(29)26(15)12(7)16(30)31)20-13(28)10(8-5-35-17(18)19-8)23-33-3-9-21-24-25-22-9/h5,11,15H,2-4H2,1H3,(H2,18,19)(H,20,28)(H,30,31)(H,21,22,24,25)/t11?,15-/m1/s1. The molecular formula is C17H17N9O7S2. The van der Waals surface area contributed by atoms with Crippen molar-refractivity contribution in [1.82, 2.24) is 35.8 Å². The predicted molar refractivity (Wildman–Crippen MR) is 118 cm³/mol. The summed E-state index contributed by atoms with van der Waals surface area (Å²) in [5.41, 5.74) is 5.54. The lowest BCUT2D eigenvalue weighted by Crippen LogP contribution is -2.71. The molecule has 4 heterocycles. The van der Waals surface area contributed by atoms with Crippen LogP contribution in [0.15, 0.2) is 21.8 Å². The number of tetrazole rings is 1. The van der Waals surface area contributed by atoms with Crippen LogP contribution in [0.3, 0.4) is 0 Å². The van der Waals surface area contributed by atoms with Gasteiger partial charge in [0.1, 0.15) is 29.4 Å². The number of β-lactam (4-membered cyclic amide) rings is 1. The Hall–Kier alpha value is -4.06. The average molecular weight is 524 g/mol. The van der Waals surface area contributed by atoms with E-state index in [1.807, 2.05) is 0 Å². The number of anilines is 1. The first-order chi connectivity index (χ1) is 16.8. The van der Waals surface area contributed by atoms with Crippen molar-refractivity contribution in [2.75, 3.05) is 18.1 Å². The van der Waals surface area contributed by atoms with Gasteiger partial charge in [0.15, 0.2) is 17.5 Å². The number of H-pyrrole nitrogens is 1. The number of hydrogen-bond donors (Lipinski definition) is 4. The Kier molecular flexibility index (Phi) is 6.92. The number of esters is 1. The van der Waals surface area contributed by atoms with Crippen molar-refractivity contribution in [3.05, 3.63) is 28.2 Å². The van der Waals surface area contributed by atoms with Gasteiger partial charge in [-0.25, -0.2) is 9.78 Å². The van der Waals surface area contributed by atoms with E-state index in [4.69, 9.17) is 15.3 Å². The lowest BCUT2D eigenvalue weighted by atomic mass is 10.0. The van der Waals surface area contributed by atoms with Gasteiger partial charge in [-0.15, -0.1) is 33.3 Å². The topological polar surface area (TPSA) is 228 Å². The number of rotatable bonds is 9. The molecule has 18 heteroatoms. The van der Waals surface area contributed by atoms with Crippen molar-refractivity contribution >= 4 is 57.7 Å². The summed E-state index contributed by atoms with van der Waals surface area (Å²) < 4.78 is 4.90. The molecule has 2 aromatic heterocycles. The predicted octanol–water partition coefficient (Wildman–Crippen LogP) is -1.54. The summed E-state index contributed by atoms with van der Waals surface area (Å²) in [6.45, 7) is 0.748. The normalized spacial score (nSPS) is 19.6. The van der Waals surface area contributed by atoms with E-state index >= 15 is 0 Å². The molecule has 2 atom stereocenters. The highest BCUT2D eigenvalue weighted by molar-refractivity contribution is 8.00. The van der Waals surface area contributed by atoms with Crippen LogP contribution in [0.1, 0.15) is 18.4 Å². The number of aromatic amines is 1. The summed E-state index contributed by atoms with van der Waals surface area (Å²) in [4.78, 5) is 59.0. The molecule has 35 heavy (non-hydrogen) atoms. The number of nitrogen functional groups attached to an aromatic ring is 1. The van der Waals surface area contributed by atoms with Crippen molar-refractivity contribution < 1.29 is 33.9 Å². The fourth-order valence-electron chi connectivity index (χ4n) is 3.19. The van der Waals surface area contributed by atoms with Crippen molar-refractivity contribution in [2.45, 2.75) is 24.9 Å². The van der Waals surface area contributed by atoms with Gasteiger partial charge < -0.3 is 25.7 Å². The highest BCUT2D eigenvalue weighted by Crippen LogP contribution is 2.40. The molecule has 0 spiro atoms. The smallest absolute Gasteiger partial charge is 0.352 e. The molecule has 2 aromatic rings. The summed E-state index contributed by atoms with van der Waals surface area (Å²) in [7, 11) is 0. The molecule has 1 unspecified atom stereocenters. The monoisotopic (exact) mass is 523 g/mol. The molecule has 1 fully saturated rings. The number of thiazole rings is 1. The average Bonchev–Trinajstić information content (AvgIpc) is 3.49. The summed E-state index contributed by atoms with van der Waals surface area (Å²) in [6, 6.07) is -1.03. The third-order valence-corrected chi connectivity index (χ3v) is 6.72. The Morgan fingerprint density at radius 2 is 2.20 bits per heavy atom. The van der Waals surface area contributed by atoms with Gasteiger partial charge in [-0.05, 0) is 0 Å². The van der Waals surface area contributed by atoms with Crippen LogP contribution in [0.5, 0.6) is 0 Å². The zero-order valence-corrected chi connectivity index (χ0v) is 19.5. The van der Waals surface area contributed by atoms with Crippen molar-refractivity contribution in [2.24, 2.45) is 5.16 Å². The number of nitrogens with one attached hydrogen (secondary N) is 2. The lowest BCUT2D eigenvalue weighted by molar-refractivity contribution is -0.150. The molecule has 0 saturated carbocycles. The zero-order valence-electron chi connectivity index (χ0n) is 17.8. The molecule has 4 rings (SSSR count). The van der Waals surface area contributed by atoms with Gasteiger partial charge in [0.05, 0.1) is 0 Å². The number of hydrogen-bond acceptors (Lipinski definition) is 14. The van der Waals surface area contributed by atoms with Crippen molar-refractivity contribution in [3.63, 3.8) is 0 Å². The molecule has 0 bridgehead atoms. The highest BCUT2D eigenvalue weighted by Gasteiger charge is 2.54. The Labute approximate surface area is 203 Å². The molecule has 16 nitrogen and oxygen atoms in total. The van der Waals surface area contributed by atoms with E-state index in [2.05, 4.69) is 36.1 Å². The number of nitrogens with zero attached hydrogens (tertiary/aromatic N) is 6. The second-order valence-electron chi connectivity index (χ2n) is 7.01. The second kappa shape index (κ2) is 10.1. The number of fused-ring (bicyclic) bond motifs is 1. The van der Waals surface area contributed by atoms with E-state index in [1.54, 1.807) is 0 Å². The number of carbonyl (C=O) groups is 4. The number of nitrogens with two attached hydrogens (primary N) is 1. The number of carboxylic acids is 1. The number of carboxylic acid groups (broad SMARTS) is 1. The Morgan fingerprint density at radius 3 is 2.83 bits per heavy atom. The van der Waals surface area contributed by atoms with Crippen LogP contribution in [0.4, 0.5) is 5.13 Å². The maximum Gasteiger partial charge on any atom is 0.352 e. The van der Waals surface area contributed by atoms with Crippen LogP contribution in [0.25, 0.3) is 0 Å². The van der Waals surface area contributed by atoms with Crippen LogP contribution in [0, 0.1) is 0 Å². The SMILES string of the molecule is CC(=O)OCC1=C(C(=O)O)N2C(=O)C(NC(=O)C(=NOCc3nn[nH]n3)c3csc(N)n3)[C@H]2SC1. The van der Waals surface area contributed by atoms with Gasteiger partial charge in [-0.3, -0.25) is 19.3 Å². The third-order valence-electron chi connectivity index (χ3n) is 4.70. The van der Waals surface area contributed by atoms with Crippen LogP contribution in [-0.2, 0) is 35.4 Å². The van der Waals surface area contributed by atoms with Crippen LogP contribution >= 0.6 is 23.1 Å². The molecule has 1 saturated heterocycles. The van der Waals surface area contributed by atoms with E-state index in [0.29, 0.717) is 0 Å². The van der Waals surface area contributed by atoms with Crippen molar-refractivity contribution in [3.8, 4) is 0 Å². The Morgan fingerprint density at radius 1 is 1.40 bits per heavy atom. The molecule has 0 aromatic carbocycles. The molecule has 2 amide bonds. The molecule has 0 radical (unpaired) electrons. The van der Waals surface area contributed by atoms with Gasteiger partial charge in [0.25, 0.3) is 11.8 Å². The minimum Gasteiger partial charge on any atom is -0.477 e. The number of ether oxygens (including phenoxy) is 1.